The first-order valence-corrected chi connectivity index (χ1v) is 20.4. The maximum Gasteiger partial charge on any atom is 0.460 e. The van der Waals surface area contributed by atoms with Crippen LogP contribution in [0.25, 0.3) is 22.5 Å². The van der Waals surface area contributed by atoms with Gasteiger partial charge in [-0.05, 0) is 41.3 Å². The van der Waals surface area contributed by atoms with E-state index in [9.17, 15) is 57.1 Å². The van der Waals surface area contributed by atoms with Crippen LogP contribution < -0.4 is 9.47 Å². The van der Waals surface area contributed by atoms with Crippen LogP contribution in [0.4, 0.5) is 70.2 Å². The minimum atomic E-state index is -8.02. The fourth-order valence-corrected chi connectivity index (χ4v) is 8.00. The zero-order valence-electron chi connectivity index (χ0n) is 32.9. The Kier molecular flexibility index (Phi) is 15.5. The topological polar surface area (TPSA) is 44.2 Å². The van der Waals surface area contributed by atoms with Crippen LogP contribution in [-0.2, 0) is 5.92 Å². The number of hydrogen-bond acceptors (Lipinski definition) is 4. The molecule has 21 heteroatoms. The highest BCUT2D eigenvalue weighted by Crippen LogP contribution is 2.60. The smallest absolute Gasteiger partial charge is 0.460 e. The van der Waals surface area contributed by atoms with Crippen LogP contribution in [0.2, 0.25) is 5.54 Å². The van der Waals surface area contributed by atoms with E-state index < -0.39 is 76.7 Å². The van der Waals surface area contributed by atoms with Gasteiger partial charge >= 0.3 is 41.7 Å². The second kappa shape index (κ2) is 18.9. The zero-order chi connectivity index (χ0) is 45.8. The Morgan fingerprint density at radius 1 is 0.689 bits per heavy atom. The summed E-state index contributed by atoms with van der Waals surface area (Å²) in [6.07, 6.45) is 5.45. The molecule has 0 amide bonds. The van der Waals surface area contributed by atoms with Gasteiger partial charge in [-0.25, -0.2) is 14.4 Å². The Labute approximate surface area is 343 Å². The lowest BCUT2D eigenvalue weighted by atomic mass is 9.94. The van der Waals surface area contributed by atoms with Crippen LogP contribution in [0.1, 0.15) is 90.5 Å². The standard InChI is InChI=1S/C40H42F16N2O2Si/c1-4-5-8-11-23(2)12-9-6-7-10-13-24(3)61-33-35(44,45)30-29(60-33)19-18-28(31(30)41)32-57-20-26(21-58-32)25-14-16-27(17-15-25)59-22-34(42,43)36(46,47)37(48,49)38(50,51)39(52,53)40(54,55)56/h14-21,23-24,33H,4-13,22H2,1-3H3. The van der Waals surface area contributed by atoms with Crippen LogP contribution >= 0.6 is 0 Å². The predicted octanol–water partition coefficient (Wildman–Crippen LogP) is 13.9. The van der Waals surface area contributed by atoms with E-state index in [1.165, 1.54) is 31.7 Å². The molecule has 0 spiro atoms. The lowest BCUT2D eigenvalue weighted by molar-refractivity contribution is -0.440. The molecular formula is C40H42F16N2O2Si. The Hall–Kier alpha value is -3.78. The zero-order valence-corrected chi connectivity index (χ0v) is 33.9. The van der Waals surface area contributed by atoms with Crippen LogP contribution in [0.3, 0.4) is 0 Å². The molecule has 1 aromatic heterocycles. The molecule has 4 rings (SSSR count). The highest BCUT2D eigenvalue weighted by Gasteiger charge is 2.90. The maximum atomic E-state index is 15.7. The molecule has 4 nitrogen and oxygen atoms in total. The van der Waals surface area contributed by atoms with Crippen LogP contribution in [0.15, 0.2) is 48.8 Å². The fraction of sp³-hybridized carbons (Fsp3) is 0.600. The second-order valence-corrected chi connectivity index (χ2v) is 17.0. The normalized spacial score (nSPS) is 17.2. The molecule has 0 bridgehead atoms. The molecule has 0 aliphatic carbocycles. The van der Waals surface area contributed by atoms with E-state index >= 15 is 13.2 Å². The first-order chi connectivity index (χ1) is 28.1. The third-order valence-corrected chi connectivity index (χ3v) is 12.0. The lowest BCUT2D eigenvalue weighted by Crippen LogP contribution is -2.70. The third kappa shape index (κ3) is 10.4. The number of fused-ring (bicyclic) bond motifs is 1. The molecule has 2 radical (unpaired) electrons. The average Bonchev–Trinajstić information content (AvgIpc) is 3.43. The molecule has 3 unspecified atom stereocenters. The molecular weight excluding hydrogens is 873 g/mol. The molecule has 3 atom stereocenters. The molecule has 340 valence electrons. The van der Waals surface area contributed by atoms with E-state index in [2.05, 4.69) is 28.6 Å². The highest BCUT2D eigenvalue weighted by atomic mass is 28.2. The molecule has 0 saturated heterocycles. The summed E-state index contributed by atoms with van der Waals surface area (Å²) in [5, 5.41) is 0. The Morgan fingerprint density at radius 3 is 1.79 bits per heavy atom. The number of alkyl halides is 15. The summed E-state index contributed by atoms with van der Waals surface area (Å²) in [5.74, 6) is -43.5. The van der Waals surface area contributed by atoms with Gasteiger partial charge in [0.05, 0.1) is 5.56 Å². The van der Waals surface area contributed by atoms with Gasteiger partial charge in [-0.15, -0.1) is 0 Å². The molecule has 2 heterocycles. The summed E-state index contributed by atoms with van der Waals surface area (Å²) >= 11 is 0. The molecule has 0 fully saturated rings. The van der Waals surface area contributed by atoms with Gasteiger partial charge in [0, 0.05) is 18.0 Å². The van der Waals surface area contributed by atoms with Gasteiger partial charge in [0.15, 0.2) is 12.4 Å². The summed E-state index contributed by atoms with van der Waals surface area (Å²) < 4.78 is 231. The van der Waals surface area contributed by atoms with Crippen molar-refractivity contribution in [3.05, 3.63) is 60.2 Å². The van der Waals surface area contributed by atoms with Crippen molar-refractivity contribution >= 4 is 9.52 Å². The molecule has 61 heavy (non-hydrogen) atoms. The van der Waals surface area contributed by atoms with Crippen LogP contribution in [0.5, 0.6) is 11.5 Å². The van der Waals surface area contributed by atoms with Crippen molar-refractivity contribution < 1.29 is 79.7 Å². The van der Waals surface area contributed by atoms with E-state index in [0.717, 1.165) is 74.8 Å². The summed E-state index contributed by atoms with van der Waals surface area (Å²) in [6, 6.07) is 5.93. The number of hydrogen-bond donors (Lipinski definition) is 0. The van der Waals surface area contributed by atoms with Crippen molar-refractivity contribution in [1.82, 2.24) is 9.97 Å². The van der Waals surface area contributed by atoms with E-state index in [1.807, 2.05) is 6.92 Å². The minimum Gasteiger partial charge on any atom is -0.487 e. The largest absolute Gasteiger partial charge is 0.487 e. The van der Waals surface area contributed by atoms with Crippen molar-refractivity contribution in [2.24, 2.45) is 5.92 Å². The maximum absolute atomic E-state index is 15.7. The molecule has 1 aliphatic heterocycles. The Morgan fingerprint density at radius 2 is 1.23 bits per heavy atom. The number of unbranched alkanes of at least 4 members (excludes halogenated alkanes) is 5. The van der Waals surface area contributed by atoms with E-state index in [1.54, 1.807) is 0 Å². The number of halogens is 16. The molecule has 2 aromatic carbocycles. The number of aromatic nitrogens is 2. The molecule has 0 saturated carbocycles. The second-order valence-electron chi connectivity index (χ2n) is 15.2. The van der Waals surface area contributed by atoms with Crippen molar-refractivity contribution in [2.45, 2.75) is 138 Å². The van der Waals surface area contributed by atoms with Gasteiger partial charge in [0.2, 0.25) is 0 Å². The molecule has 0 N–H and O–H groups in total. The Balaban J connectivity index is 1.35. The number of ether oxygens (including phenoxy) is 2. The first-order valence-electron chi connectivity index (χ1n) is 19.3. The van der Waals surface area contributed by atoms with Gasteiger partial charge in [0.25, 0.3) is 0 Å². The number of rotatable bonds is 22. The van der Waals surface area contributed by atoms with E-state index in [-0.39, 0.29) is 37.8 Å². The van der Waals surface area contributed by atoms with E-state index in [0.29, 0.717) is 12.3 Å². The van der Waals surface area contributed by atoms with Gasteiger partial charge in [-0.2, -0.15) is 65.9 Å². The van der Waals surface area contributed by atoms with Gasteiger partial charge in [-0.3, -0.25) is 0 Å². The summed E-state index contributed by atoms with van der Waals surface area (Å²) in [4.78, 5) is 7.99. The SMILES string of the molecule is CCCCCC(C)CCCCCCC(C)[Si]C1Oc2ccc(-c3ncc(-c4ccc(OCC(F)(F)C(F)(F)C(F)(F)C(F)(F)C(F)(F)C(F)(F)F)cc4)cn3)c(F)c2C1(F)F. The average molecular weight is 915 g/mol. The van der Waals surface area contributed by atoms with Crippen LogP contribution in [-0.4, -0.2) is 67.6 Å². The summed E-state index contributed by atoms with van der Waals surface area (Å²) in [7, 11) is -0.324. The van der Waals surface area contributed by atoms with E-state index in [4.69, 9.17) is 4.74 Å². The monoisotopic (exact) mass is 914 g/mol. The quantitative estimate of drug-likeness (QED) is 0.0572. The van der Waals surface area contributed by atoms with Gasteiger partial charge in [-0.1, -0.05) is 97.1 Å². The minimum absolute atomic E-state index is 0.102. The Bertz CT molecular complexity index is 1890. The van der Waals surface area contributed by atoms with Gasteiger partial charge < -0.3 is 9.47 Å². The van der Waals surface area contributed by atoms with Crippen molar-refractivity contribution in [3.8, 4) is 34.0 Å². The van der Waals surface area contributed by atoms with Crippen molar-refractivity contribution in [1.29, 1.82) is 0 Å². The van der Waals surface area contributed by atoms with Crippen molar-refractivity contribution in [3.63, 3.8) is 0 Å². The lowest BCUT2D eigenvalue weighted by Gasteiger charge is -2.39. The molecule has 3 aromatic rings. The summed E-state index contributed by atoms with van der Waals surface area (Å²) in [5.41, 5.74) is -2.78. The van der Waals surface area contributed by atoms with Crippen molar-refractivity contribution in [2.75, 3.05) is 6.61 Å². The van der Waals surface area contributed by atoms with Gasteiger partial charge in [0.1, 0.15) is 38.1 Å². The fourth-order valence-electron chi connectivity index (χ4n) is 6.56. The third-order valence-electron chi connectivity index (χ3n) is 10.3. The molecule has 1 aliphatic rings. The highest BCUT2D eigenvalue weighted by molar-refractivity contribution is 6.39. The first kappa shape index (κ1) is 49.9. The van der Waals surface area contributed by atoms with Crippen LogP contribution in [0, 0.1) is 11.7 Å². The predicted molar refractivity (Wildman–Crippen MR) is 194 cm³/mol. The number of nitrogens with zero attached hydrogens (tertiary/aromatic N) is 2. The number of benzene rings is 2. The summed E-state index contributed by atoms with van der Waals surface area (Å²) in [6.45, 7) is 3.41.